The average Bonchev–Trinajstić information content (AvgIpc) is 3.03. The molecule has 2 aromatic rings. The Morgan fingerprint density at radius 1 is 1.23 bits per heavy atom. The van der Waals surface area contributed by atoms with Crippen LogP contribution in [-0.4, -0.2) is 16.5 Å². The minimum Gasteiger partial charge on any atom is -0.477 e. The highest BCUT2D eigenvalue weighted by Gasteiger charge is 2.42. The topological polar surface area (TPSA) is 51.2 Å². The fraction of sp³-hybridized carbons (Fsp3) is 0.375. The van der Waals surface area contributed by atoms with E-state index in [0.29, 0.717) is 23.6 Å². The number of halogens is 1. The number of anilines is 1. The van der Waals surface area contributed by atoms with Crippen molar-refractivity contribution in [1.29, 1.82) is 0 Å². The first-order valence-electron chi connectivity index (χ1n) is 7.32. The van der Waals surface area contributed by atoms with Gasteiger partial charge in [-0.3, -0.25) is 9.78 Å². The average molecular weight is 320 g/mol. The highest BCUT2D eigenvalue weighted by Crippen LogP contribution is 2.34. The van der Waals surface area contributed by atoms with Gasteiger partial charge in [0.05, 0.1) is 11.7 Å². The van der Waals surface area contributed by atoms with Gasteiger partial charge in [0.2, 0.25) is 0 Å². The van der Waals surface area contributed by atoms with Crippen LogP contribution in [0.3, 0.4) is 0 Å². The first-order valence-corrected chi connectivity index (χ1v) is 8.20. The highest BCUT2D eigenvalue weighted by molar-refractivity contribution is 7.14. The molecule has 4 nitrogen and oxygen atoms in total. The number of carbonyl (C=O) groups is 1. The van der Waals surface area contributed by atoms with Crippen molar-refractivity contribution in [2.45, 2.75) is 37.7 Å². The van der Waals surface area contributed by atoms with Crippen molar-refractivity contribution in [3.63, 3.8) is 0 Å². The summed E-state index contributed by atoms with van der Waals surface area (Å²) >= 11 is 1.37. The van der Waals surface area contributed by atoms with Crippen LogP contribution in [0.2, 0.25) is 0 Å². The molecule has 1 aromatic heterocycles. The molecule has 116 valence electrons. The molecule has 1 heterocycles. The van der Waals surface area contributed by atoms with Gasteiger partial charge in [0.1, 0.15) is 16.6 Å². The second kappa shape index (κ2) is 6.44. The van der Waals surface area contributed by atoms with E-state index in [-0.39, 0.29) is 11.7 Å². The van der Waals surface area contributed by atoms with E-state index in [1.807, 2.05) is 0 Å². The summed E-state index contributed by atoms with van der Waals surface area (Å²) in [6.45, 7) is 0. The third-order valence-corrected chi connectivity index (χ3v) is 4.56. The number of carbonyl (C=O) groups excluding carboxylic acids is 1. The number of thiazole rings is 1. The molecule has 0 spiro atoms. The lowest BCUT2D eigenvalue weighted by Gasteiger charge is -2.36. The number of nitrogens with one attached hydrogen (secondary N) is 1. The molecule has 1 aromatic carbocycles. The van der Waals surface area contributed by atoms with Crippen molar-refractivity contribution in [1.82, 2.24) is 4.98 Å². The zero-order chi connectivity index (χ0) is 15.4. The first-order chi connectivity index (χ1) is 10.7. The van der Waals surface area contributed by atoms with Gasteiger partial charge in [-0.2, -0.15) is 0 Å². The number of amides is 1. The summed E-state index contributed by atoms with van der Waals surface area (Å²) in [6, 6.07) is 5.80. The van der Waals surface area contributed by atoms with Gasteiger partial charge >= 0.3 is 0 Å². The lowest BCUT2D eigenvalue weighted by molar-refractivity contribution is -0.134. The lowest BCUT2D eigenvalue weighted by Crippen LogP contribution is -2.49. The van der Waals surface area contributed by atoms with E-state index in [4.69, 9.17) is 4.74 Å². The fourth-order valence-corrected chi connectivity index (χ4v) is 3.24. The molecule has 22 heavy (non-hydrogen) atoms. The summed E-state index contributed by atoms with van der Waals surface area (Å²) in [4.78, 5) is 16.7. The molecule has 1 aliphatic carbocycles. The number of nitrogens with zero attached hydrogens (tertiary/aromatic N) is 1. The molecule has 1 aliphatic rings. The third kappa shape index (κ3) is 3.27. The Morgan fingerprint density at radius 3 is 2.59 bits per heavy atom. The second-order valence-electron chi connectivity index (χ2n) is 5.43. The molecule has 1 fully saturated rings. The van der Waals surface area contributed by atoms with E-state index in [1.165, 1.54) is 23.5 Å². The van der Waals surface area contributed by atoms with E-state index in [1.54, 1.807) is 23.8 Å². The van der Waals surface area contributed by atoms with Crippen LogP contribution in [0, 0.1) is 5.82 Å². The largest absolute Gasteiger partial charge is 0.477 e. The van der Waals surface area contributed by atoms with Crippen molar-refractivity contribution < 1.29 is 13.9 Å². The molecule has 0 aliphatic heterocycles. The Balaban J connectivity index is 1.80. The van der Waals surface area contributed by atoms with Crippen LogP contribution in [0.5, 0.6) is 5.75 Å². The van der Waals surface area contributed by atoms with E-state index in [2.05, 4.69) is 10.3 Å². The Morgan fingerprint density at radius 2 is 1.95 bits per heavy atom. The Bertz CT molecular complexity index is 622. The molecular formula is C16H17FN2O2S. The maximum Gasteiger partial charge on any atom is 0.269 e. The van der Waals surface area contributed by atoms with Crippen LogP contribution in [0.25, 0.3) is 0 Å². The monoisotopic (exact) mass is 320 g/mol. The van der Waals surface area contributed by atoms with E-state index in [9.17, 15) is 9.18 Å². The predicted molar refractivity (Wildman–Crippen MR) is 83.6 cm³/mol. The summed E-state index contributed by atoms with van der Waals surface area (Å²) in [5.74, 6) is 0.0442. The van der Waals surface area contributed by atoms with Gasteiger partial charge in [-0.1, -0.05) is 6.42 Å². The Labute approximate surface area is 132 Å². The van der Waals surface area contributed by atoms with Gasteiger partial charge in [-0.15, -0.1) is 11.3 Å². The molecule has 1 amide bonds. The molecule has 1 saturated carbocycles. The summed E-state index contributed by atoms with van der Waals surface area (Å²) < 4.78 is 19.0. The van der Waals surface area contributed by atoms with Gasteiger partial charge in [0, 0.05) is 0 Å². The van der Waals surface area contributed by atoms with Gasteiger partial charge in [0.25, 0.3) is 5.91 Å². The number of hydrogen-bond donors (Lipinski definition) is 1. The Kier molecular flexibility index (Phi) is 4.38. The Hall–Kier alpha value is -1.95. The number of ether oxygens (including phenoxy) is 1. The molecule has 3 rings (SSSR count). The zero-order valence-electron chi connectivity index (χ0n) is 12.0. The number of aromatic nitrogens is 1. The molecule has 0 bridgehead atoms. The molecule has 0 radical (unpaired) electrons. The molecule has 0 unspecified atom stereocenters. The quantitative estimate of drug-likeness (QED) is 0.926. The van der Waals surface area contributed by atoms with Crippen LogP contribution >= 0.6 is 11.3 Å². The lowest BCUT2D eigenvalue weighted by atomic mass is 9.83. The maximum atomic E-state index is 13.0. The molecule has 1 N–H and O–H groups in total. The van der Waals surface area contributed by atoms with Crippen LogP contribution in [0.1, 0.15) is 32.1 Å². The normalized spacial score (nSPS) is 17.0. The third-order valence-electron chi connectivity index (χ3n) is 3.87. The van der Waals surface area contributed by atoms with E-state index < -0.39 is 5.60 Å². The van der Waals surface area contributed by atoms with Crippen molar-refractivity contribution in [3.8, 4) is 5.75 Å². The van der Waals surface area contributed by atoms with E-state index in [0.717, 1.165) is 19.3 Å². The second-order valence-corrected chi connectivity index (χ2v) is 6.32. The number of benzene rings is 1. The van der Waals surface area contributed by atoms with Crippen molar-refractivity contribution in [2.24, 2.45) is 0 Å². The summed E-state index contributed by atoms with van der Waals surface area (Å²) in [7, 11) is 0. The molecule has 0 atom stereocenters. The minimum atomic E-state index is -0.889. The van der Waals surface area contributed by atoms with Crippen LogP contribution in [-0.2, 0) is 4.79 Å². The molecular weight excluding hydrogens is 303 g/mol. The predicted octanol–water partition coefficient (Wildman–Crippen LogP) is 4.00. The fourth-order valence-electron chi connectivity index (χ4n) is 2.73. The minimum absolute atomic E-state index is 0.152. The van der Waals surface area contributed by atoms with Crippen LogP contribution in [0.15, 0.2) is 36.0 Å². The van der Waals surface area contributed by atoms with Gasteiger partial charge < -0.3 is 10.1 Å². The molecule has 0 saturated heterocycles. The smallest absolute Gasteiger partial charge is 0.269 e. The zero-order valence-corrected chi connectivity index (χ0v) is 12.9. The summed E-state index contributed by atoms with van der Waals surface area (Å²) in [5, 5.41) is 3.59. The summed E-state index contributed by atoms with van der Waals surface area (Å²) in [5.41, 5.74) is 0.782. The SMILES string of the molecule is O=C(Nc1cncs1)C1(Oc2ccc(F)cc2)CCCCC1. The molecule has 6 heteroatoms. The van der Waals surface area contributed by atoms with Crippen LogP contribution < -0.4 is 10.1 Å². The van der Waals surface area contributed by atoms with Crippen molar-refractivity contribution in [2.75, 3.05) is 5.32 Å². The maximum absolute atomic E-state index is 13.0. The van der Waals surface area contributed by atoms with Gasteiger partial charge in [-0.25, -0.2) is 4.39 Å². The van der Waals surface area contributed by atoms with Crippen molar-refractivity contribution >= 4 is 22.2 Å². The first kappa shape index (κ1) is 15.0. The van der Waals surface area contributed by atoms with Crippen LogP contribution in [0.4, 0.5) is 9.39 Å². The summed E-state index contributed by atoms with van der Waals surface area (Å²) in [6.07, 6.45) is 5.93. The van der Waals surface area contributed by atoms with Gasteiger partial charge in [-0.05, 0) is 49.9 Å². The standard InChI is InChI=1S/C16H17FN2O2S/c17-12-4-6-13(7-5-12)21-16(8-2-1-3-9-16)15(20)19-14-10-18-11-22-14/h4-7,10-11H,1-3,8-9H2,(H,19,20). The highest BCUT2D eigenvalue weighted by atomic mass is 32.1. The number of rotatable bonds is 4. The van der Waals surface area contributed by atoms with Crippen molar-refractivity contribution in [3.05, 3.63) is 41.8 Å². The number of hydrogen-bond acceptors (Lipinski definition) is 4. The van der Waals surface area contributed by atoms with E-state index >= 15 is 0 Å². The van der Waals surface area contributed by atoms with Gasteiger partial charge in [0.15, 0.2) is 5.60 Å².